The van der Waals surface area contributed by atoms with E-state index in [0.717, 1.165) is 25.7 Å². The second kappa shape index (κ2) is 7.46. The first-order valence-corrected chi connectivity index (χ1v) is 6.91. The minimum absolute atomic E-state index is 0.0453. The van der Waals surface area contributed by atoms with Gasteiger partial charge in [-0.05, 0) is 19.9 Å². The Morgan fingerprint density at radius 2 is 1.79 bits per heavy atom. The Balaban J connectivity index is 2.45. The number of likely N-dealkylation sites (N-methyl/N-ethyl adjacent to an activating group) is 1. The Morgan fingerprint density at radius 1 is 1.26 bits per heavy atom. The highest BCUT2D eigenvalue weighted by molar-refractivity contribution is 5.78. The van der Waals surface area contributed by atoms with Crippen molar-refractivity contribution in [3.05, 3.63) is 25.3 Å². The molecule has 1 aliphatic carbocycles. The summed E-state index contributed by atoms with van der Waals surface area (Å²) in [6.45, 7) is 9.26. The fourth-order valence-corrected chi connectivity index (χ4v) is 2.67. The normalized spacial score (nSPS) is 17.4. The molecule has 4 heteroatoms. The first kappa shape index (κ1) is 15.9. The minimum atomic E-state index is -0.600. The molecule has 0 atom stereocenters. The molecule has 0 radical (unpaired) electrons. The summed E-state index contributed by atoms with van der Waals surface area (Å²) in [5.41, 5.74) is -0.600. The van der Waals surface area contributed by atoms with E-state index in [1.54, 1.807) is 17.1 Å². The average molecular weight is 266 g/mol. The van der Waals surface area contributed by atoms with Crippen molar-refractivity contribution >= 4 is 5.91 Å². The van der Waals surface area contributed by atoms with Gasteiger partial charge in [-0.25, -0.2) is 0 Å². The average Bonchev–Trinajstić information content (AvgIpc) is 2.75. The van der Waals surface area contributed by atoms with Crippen LogP contribution >= 0.6 is 0 Å². The summed E-state index contributed by atoms with van der Waals surface area (Å²) in [4.78, 5) is 15.7. The highest BCUT2D eigenvalue weighted by atomic mass is 16.3. The number of carbonyl (C=O) groups excluding carboxylic acids is 1. The van der Waals surface area contributed by atoms with Crippen molar-refractivity contribution < 1.29 is 9.90 Å². The molecular weight excluding hydrogens is 240 g/mol. The molecule has 1 aliphatic rings. The van der Waals surface area contributed by atoms with E-state index >= 15 is 0 Å². The van der Waals surface area contributed by atoms with E-state index < -0.39 is 5.60 Å². The van der Waals surface area contributed by atoms with E-state index in [0.29, 0.717) is 26.2 Å². The fourth-order valence-electron chi connectivity index (χ4n) is 2.67. The van der Waals surface area contributed by atoms with Crippen LogP contribution < -0.4 is 0 Å². The highest BCUT2D eigenvalue weighted by Gasteiger charge is 2.32. The Hall–Kier alpha value is -1.13. The molecule has 0 spiro atoms. The molecule has 0 aromatic rings. The number of aliphatic hydroxyl groups is 1. The summed E-state index contributed by atoms with van der Waals surface area (Å²) in [5, 5.41) is 10.3. The third-order valence-electron chi connectivity index (χ3n) is 3.56. The number of nitrogens with zero attached hydrogens (tertiary/aromatic N) is 2. The van der Waals surface area contributed by atoms with Gasteiger partial charge in [0.15, 0.2) is 0 Å². The smallest absolute Gasteiger partial charge is 0.237 e. The Bertz CT molecular complexity index is 312. The van der Waals surface area contributed by atoms with Crippen molar-refractivity contribution in [3.63, 3.8) is 0 Å². The van der Waals surface area contributed by atoms with Crippen LogP contribution in [0.3, 0.4) is 0 Å². The standard InChI is InChI=1S/C15H26N2O2/c1-4-10-17(11-5-2)14(18)12-16(3)13-15(19)8-6-7-9-15/h4-5,19H,1-2,6-13H2,3H3. The van der Waals surface area contributed by atoms with Crippen LogP contribution in [-0.2, 0) is 4.79 Å². The lowest BCUT2D eigenvalue weighted by molar-refractivity contribution is -0.131. The zero-order valence-electron chi connectivity index (χ0n) is 12.0. The van der Waals surface area contributed by atoms with Crippen molar-refractivity contribution in [2.75, 3.05) is 33.2 Å². The minimum Gasteiger partial charge on any atom is -0.389 e. The van der Waals surface area contributed by atoms with Crippen molar-refractivity contribution in [1.82, 2.24) is 9.80 Å². The zero-order chi connectivity index (χ0) is 14.3. The molecule has 0 aromatic carbocycles. The predicted molar refractivity (Wildman–Crippen MR) is 77.9 cm³/mol. The highest BCUT2D eigenvalue weighted by Crippen LogP contribution is 2.29. The van der Waals surface area contributed by atoms with Crippen LogP contribution in [0.5, 0.6) is 0 Å². The molecule has 19 heavy (non-hydrogen) atoms. The summed E-state index contributed by atoms with van der Waals surface area (Å²) in [7, 11) is 1.88. The maximum absolute atomic E-state index is 12.1. The topological polar surface area (TPSA) is 43.8 Å². The van der Waals surface area contributed by atoms with Gasteiger partial charge < -0.3 is 10.0 Å². The Kier molecular flexibility index (Phi) is 6.25. The SMILES string of the molecule is C=CCN(CC=C)C(=O)CN(C)CC1(O)CCCC1. The number of rotatable bonds is 8. The van der Waals surface area contributed by atoms with Crippen molar-refractivity contribution in [2.45, 2.75) is 31.3 Å². The largest absolute Gasteiger partial charge is 0.389 e. The lowest BCUT2D eigenvalue weighted by atomic mass is 10.0. The van der Waals surface area contributed by atoms with Gasteiger partial charge in [0.2, 0.25) is 5.91 Å². The van der Waals surface area contributed by atoms with Crippen LogP contribution in [0.15, 0.2) is 25.3 Å². The molecule has 0 bridgehead atoms. The summed E-state index contributed by atoms with van der Waals surface area (Å²) in [6, 6.07) is 0. The second-order valence-electron chi connectivity index (χ2n) is 5.48. The van der Waals surface area contributed by atoms with Gasteiger partial charge in [-0.15, -0.1) is 13.2 Å². The van der Waals surface area contributed by atoms with Crippen LogP contribution in [0, 0.1) is 0 Å². The van der Waals surface area contributed by atoms with Gasteiger partial charge in [0.05, 0.1) is 12.1 Å². The number of carbonyl (C=O) groups is 1. The fraction of sp³-hybridized carbons (Fsp3) is 0.667. The Morgan fingerprint density at radius 3 is 2.26 bits per heavy atom. The summed E-state index contributed by atoms with van der Waals surface area (Å²) in [5.74, 6) is 0.0453. The van der Waals surface area contributed by atoms with E-state index in [4.69, 9.17) is 0 Å². The first-order chi connectivity index (χ1) is 9.00. The molecule has 1 N–H and O–H groups in total. The third kappa shape index (κ3) is 5.17. The Labute approximate surface area is 116 Å². The van der Waals surface area contributed by atoms with Gasteiger partial charge in [-0.3, -0.25) is 9.69 Å². The van der Waals surface area contributed by atoms with Gasteiger partial charge in [0, 0.05) is 19.6 Å². The summed E-state index contributed by atoms with van der Waals surface area (Å²) >= 11 is 0. The molecule has 0 saturated heterocycles. The molecule has 0 aliphatic heterocycles. The van der Waals surface area contributed by atoms with E-state index in [-0.39, 0.29) is 5.91 Å². The molecule has 0 unspecified atom stereocenters. The molecule has 4 nitrogen and oxygen atoms in total. The van der Waals surface area contributed by atoms with Gasteiger partial charge in [0.25, 0.3) is 0 Å². The summed E-state index contributed by atoms with van der Waals surface area (Å²) < 4.78 is 0. The zero-order valence-corrected chi connectivity index (χ0v) is 12.0. The van der Waals surface area contributed by atoms with Gasteiger partial charge in [0.1, 0.15) is 0 Å². The molecule has 1 rings (SSSR count). The van der Waals surface area contributed by atoms with Crippen molar-refractivity contribution in [3.8, 4) is 0 Å². The maximum atomic E-state index is 12.1. The van der Waals surface area contributed by atoms with Crippen LogP contribution in [-0.4, -0.2) is 59.6 Å². The van der Waals surface area contributed by atoms with Crippen LogP contribution in [0.1, 0.15) is 25.7 Å². The second-order valence-corrected chi connectivity index (χ2v) is 5.48. The monoisotopic (exact) mass is 266 g/mol. The van der Waals surface area contributed by atoms with E-state index in [9.17, 15) is 9.90 Å². The molecular formula is C15H26N2O2. The maximum Gasteiger partial charge on any atom is 0.237 e. The van der Waals surface area contributed by atoms with Gasteiger partial charge in [-0.2, -0.15) is 0 Å². The van der Waals surface area contributed by atoms with E-state index in [2.05, 4.69) is 13.2 Å². The van der Waals surface area contributed by atoms with Gasteiger partial charge in [-0.1, -0.05) is 25.0 Å². The van der Waals surface area contributed by atoms with E-state index in [1.807, 2.05) is 11.9 Å². The molecule has 1 saturated carbocycles. The molecule has 0 aromatic heterocycles. The predicted octanol–water partition coefficient (Wildman–Crippen LogP) is 1.42. The lowest BCUT2D eigenvalue weighted by Gasteiger charge is -2.29. The molecule has 0 heterocycles. The molecule has 108 valence electrons. The molecule has 1 amide bonds. The third-order valence-corrected chi connectivity index (χ3v) is 3.56. The van der Waals surface area contributed by atoms with Crippen molar-refractivity contribution in [1.29, 1.82) is 0 Å². The van der Waals surface area contributed by atoms with Crippen LogP contribution in [0.25, 0.3) is 0 Å². The molecule has 1 fully saturated rings. The number of hydrogen-bond acceptors (Lipinski definition) is 3. The van der Waals surface area contributed by atoms with Crippen molar-refractivity contribution in [2.24, 2.45) is 0 Å². The number of hydrogen-bond donors (Lipinski definition) is 1. The lowest BCUT2D eigenvalue weighted by Crippen LogP contribution is -2.45. The quantitative estimate of drug-likeness (QED) is 0.676. The van der Waals surface area contributed by atoms with Crippen LogP contribution in [0.2, 0.25) is 0 Å². The summed E-state index contributed by atoms with van der Waals surface area (Å²) in [6.07, 6.45) is 7.27. The first-order valence-electron chi connectivity index (χ1n) is 6.91. The number of amides is 1. The van der Waals surface area contributed by atoms with Gasteiger partial charge >= 0.3 is 0 Å². The van der Waals surface area contributed by atoms with Crippen LogP contribution in [0.4, 0.5) is 0 Å². The van der Waals surface area contributed by atoms with E-state index in [1.165, 1.54) is 0 Å².